The van der Waals surface area contributed by atoms with Crippen LogP contribution < -0.4 is 0 Å². The van der Waals surface area contributed by atoms with Crippen molar-refractivity contribution in [1.82, 2.24) is 0 Å². The maximum Gasteiger partial charge on any atom is 0.313 e. The second-order valence-electron chi connectivity index (χ2n) is 7.02. The maximum atomic E-state index is 12.6. The maximum absolute atomic E-state index is 12.6. The molecule has 0 amide bonds. The number of hydrogen-bond acceptors (Lipinski definition) is 4. The first-order valence-corrected chi connectivity index (χ1v) is 9.66. The van der Waals surface area contributed by atoms with E-state index in [1.165, 1.54) is 11.8 Å². The van der Waals surface area contributed by atoms with Crippen LogP contribution in [-0.4, -0.2) is 28.5 Å². The highest BCUT2D eigenvalue weighted by Crippen LogP contribution is 2.25. The number of aliphatic hydroxyl groups excluding tert-OH is 1. The predicted molar refractivity (Wildman–Crippen MR) is 108 cm³/mol. The third-order valence-electron chi connectivity index (χ3n) is 3.58. The van der Waals surface area contributed by atoms with E-state index in [2.05, 4.69) is 0 Å². The van der Waals surface area contributed by atoms with E-state index in [0.29, 0.717) is 5.75 Å². The SMILES string of the molecule is CC(C)(C)OC(=O)[C@@H](CSc1ccccc1)[C@H](O)/C=C/c1ccccc1. The zero-order valence-corrected chi connectivity index (χ0v) is 16.3. The van der Waals surface area contributed by atoms with Gasteiger partial charge in [0, 0.05) is 10.6 Å². The van der Waals surface area contributed by atoms with E-state index in [0.717, 1.165) is 10.5 Å². The Hall–Kier alpha value is -2.04. The fourth-order valence-electron chi connectivity index (χ4n) is 2.29. The summed E-state index contributed by atoms with van der Waals surface area (Å²) in [6, 6.07) is 19.5. The molecule has 0 unspecified atom stereocenters. The van der Waals surface area contributed by atoms with Gasteiger partial charge in [-0.1, -0.05) is 60.7 Å². The first kappa shape index (κ1) is 20.3. The third-order valence-corrected chi connectivity index (χ3v) is 4.71. The quantitative estimate of drug-likeness (QED) is 0.561. The molecule has 2 aromatic carbocycles. The van der Waals surface area contributed by atoms with Gasteiger partial charge in [-0.3, -0.25) is 4.79 Å². The molecular weight excluding hydrogens is 344 g/mol. The van der Waals surface area contributed by atoms with Crippen LogP contribution in [0.2, 0.25) is 0 Å². The minimum absolute atomic E-state index is 0.383. The number of carbonyl (C=O) groups excluding carboxylic acids is 1. The molecule has 2 rings (SSSR count). The second kappa shape index (κ2) is 9.60. The van der Waals surface area contributed by atoms with Crippen molar-refractivity contribution in [3.05, 3.63) is 72.3 Å². The molecule has 2 atom stereocenters. The first-order chi connectivity index (χ1) is 12.3. The zero-order chi connectivity index (χ0) is 19.0. The van der Waals surface area contributed by atoms with Gasteiger partial charge in [0.1, 0.15) is 5.60 Å². The van der Waals surface area contributed by atoms with Gasteiger partial charge in [0.25, 0.3) is 0 Å². The molecule has 0 aromatic heterocycles. The number of carbonyl (C=O) groups is 1. The molecule has 0 aliphatic carbocycles. The lowest BCUT2D eigenvalue weighted by molar-refractivity contribution is -0.161. The lowest BCUT2D eigenvalue weighted by Crippen LogP contribution is -2.35. The highest BCUT2D eigenvalue weighted by Gasteiger charge is 2.30. The number of aliphatic hydroxyl groups is 1. The van der Waals surface area contributed by atoms with Crippen LogP contribution in [0.5, 0.6) is 0 Å². The van der Waals surface area contributed by atoms with Gasteiger partial charge >= 0.3 is 5.97 Å². The van der Waals surface area contributed by atoms with Crippen molar-refractivity contribution in [1.29, 1.82) is 0 Å². The summed E-state index contributed by atoms with van der Waals surface area (Å²) in [4.78, 5) is 13.7. The topological polar surface area (TPSA) is 46.5 Å². The van der Waals surface area contributed by atoms with Gasteiger partial charge in [0.05, 0.1) is 12.0 Å². The molecule has 0 aliphatic heterocycles. The fourth-order valence-corrected chi connectivity index (χ4v) is 3.35. The molecule has 2 aromatic rings. The molecule has 0 aliphatic rings. The molecule has 0 spiro atoms. The van der Waals surface area contributed by atoms with E-state index >= 15 is 0 Å². The summed E-state index contributed by atoms with van der Waals surface area (Å²) in [5, 5.41) is 10.6. The number of hydrogen-bond donors (Lipinski definition) is 1. The highest BCUT2D eigenvalue weighted by atomic mass is 32.2. The van der Waals surface area contributed by atoms with Crippen molar-refractivity contribution in [3.63, 3.8) is 0 Å². The van der Waals surface area contributed by atoms with Crippen molar-refractivity contribution in [3.8, 4) is 0 Å². The fraction of sp³-hybridized carbons (Fsp3) is 0.318. The molecular formula is C22H26O3S. The van der Waals surface area contributed by atoms with Crippen LogP contribution in [0.25, 0.3) is 6.08 Å². The Labute approximate surface area is 160 Å². The molecule has 0 heterocycles. The molecule has 0 radical (unpaired) electrons. The lowest BCUT2D eigenvalue weighted by atomic mass is 10.0. The third kappa shape index (κ3) is 7.06. The van der Waals surface area contributed by atoms with Gasteiger partial charge in [0.2, 0.25) is 0 Å². The van der Waals surface area contributed by atoms with Crippen LogP contribution in [0.3, 0.4) is 0 Å². The summed E-state index contributed by atoms with van der Waals surface area (Å²) in [5.41, 5.74) is 0.389. The lowest BCUT2D eigenvalue weighted by Gasteiger charge is -2.25. The van der Waals surface area contributed by atoms with E-state index < -0.39 is 17.6 Å². The zero-order valence-electron chi connectivity index (χ0n) is 15.5. The summed E-state index contributed by atoms with van der Waals surface area (Å²) >= 11 is 1.54. The summed E-state index contributed by atoms with van der Waals surface area (Å²) < 4.78 is 5.52. The van der Waals surface area contributed by atoms with Crippen molar-refractivity contribution in [2.75, 3.05) is 5.75 Å². The van der Waals surface area contributed by atoms with Crippen LogP contribution >= 0.6 is 11.8 Å². The van der Waals surface area contributed by atoms with Crippen LogP contribution in [0.15, 0.2) is 71.6 Å². The van der Waals surface area contributed by atoms with Crippen LogP contribution in [-0.2, 0) is 9.53 Å². The Morgan fingerprint density at radius 3 is 2.23 bits per heavy atom. The predicted octanol–water partition coefficient (Wildman–Crippen LogP) is 4.81. The van der Waals surface area contributed by atoms with E-state index in [1.807, 2.05) is 87.5 Å². The number of ether oxygens (including phenoxy) is 1. The van der Waals surface area contributed by atoms with E-state index in [1.54, 1.807) is 6.08 Å². The molecule has 3 nitrogen and oxygen atoms in total. The molecule has 0 bridgehead atoms. The molecule has 0 saturated heterocycles. The van der Waals surface area contributed by atoms with Gasteiger partial charge in [-0.15, -0.1) is 11.8 Å². The van der Waals surface area contributed by atoms with Gasteiger partial charge in [0.15, 0.2) is 0 Å². The molecule has 1 N–H and O–H groups in total. The van der Waals surface area contributed by atoms with Crippen LogP contribution in [0, 0.1) is 5.92 Å². The highest BCUT2D eigenvalue weighted by molar-refractivity contribution is 7.99. The Morgan fingerprint density at radius 1 is 1.08 bits per heavy atom. The minimum Gasteiger partial charge on any atom is -0.460 e. The smallest absolute Gasteiger partial charge is 0.313 e. The Balaban J connectivity index is 2.10. The largest absolute Gasteiger partial charge is 0.460 e. The number of benzene rings is 2. The van der Waals surface area contributed by atoms with Crippen molar-refractivity contribution in [2.24, 2.45) is 5.92 Å². The monoisotopic (exact) mass is 370 g/mol. The average Bonchev–Trinajstić information content (AvgIpc) is 2.60. The van der Waals surface area contributed by atoms with Crippen molar-refractivity contribution < 1.29 is 14.6 Å². The summed E-state index contributed by atoms with van der Waals surface area (Å²) in [6.07, 6.45) is 2.58. The average molecular weight is 371 g/mol. The van der Waals surface area contributed by atoms with Crippen molar-refractivity contribution >= 4 is 23.8 Å². The van der Waals surface area contributed by atoms with E-state index in [-0.39, 0.29) is 5.97 Å². The van der Waals surface area contributed by atoms with Gasteiger partial charge < -0.3 is 9.84 Å². The number of esters is 1. The minimum atomic E-state index is -0.915. The van der Waals surface area contributed by atoms with Crippen LogP contribution in [0.4, 0.5) is 0 Å². The summed E-state index contributed by atoms with van der Waals surface area (Å²) in [7, 11) is 0. The van der Waals surface area contributed by atoms with Gasteiger partial charge in [-0.25, -0.2) is 0 Å². The second-order valence-corrected chi connectivity index (χ2v) is 8.12. The summed E-state index contributed by atoms with van der Waals surface area (Å²) in [5.74, 6) is -0.579. The van der Waals surface area contributed by atoms with Gasteiger partial charge in [-0.05, 0) is 38.5 Å². The standard InChI is InChI=1S/C22H26O3S/c1-22(2,3)25-21(24)19(16-26-18-12-8-5-9-13-18)20(23)15-14-17-10-6-4-7-11-17/h4-15,19-20,23H,16H2,1-3H3/b15-14+/t19-,20+/m0/s1. The van der Waals surface area contributed by atoms with E-state index in [9.17, 15) is 9.90 Å². The Kier molecular flexibility index (Phi) is 7.49. The van der Waals surface area contributed by atoms with Crippen molar-refractivity contribution in [2.45, 2.75) is 37.4 Å². The first-order valence-electron chi connectivity index (χ1n) is 8.67. The van der Waals surface area contributed by atoms with E-state index in [4.69, 9.17) is 4.74 Å². The van der Waals surface area contributed by atoms with Gasteiger partial charge in [-0.2, -0.15) is 0 Å². The van der Waals surface area contributed by atoms with Crippen LogP contribution in [0.1, 0.15) is 26.3 Å². The molecule has 0 saturated carbocycles. The Morgan fingerprint density at radius 2 is 1.65 bits per heavy atom. The summed E-state index contributed by atoms with van der Waals surface area (Å²) in [6.45, 7) is 5.50. The number of rotatable bonds is 7. The molecule has 0 fully saturated rings. The normalized spacial score (nSPS) is 14.2. The molecule has 26 heavy (non-hydrogen) atoms. The Bertz CT molecular complexity index is 705. The molecule has 138 valence electrons. The number of thioether (sulfide) groups is 1. The molecule has 4 heteroatoms.